The van der Waals surface area contributed by atoms with Crippen molar-refractivity contribution in [1.29, 1.82) is 0 Å². The second-order valence-corrected chi connectivity index (χ2v) is 6.84. The molecule has 2 N–H and O–H groups in total. The number of rotatable bonds is 4. The van der Waals surface area contributed by atoms with Gasteiger partial charge >= 0.3 is 0 Å². The molecule has 1 fully saturated rings. The Morgan fingerprint density at radius 1 is 1.50 bits per heavy atom. The molecule has 1 amide bonds. The lowest BCUT2D eigenvalue weighted by atomic mass is 10.1. The summed E-state index contributed by atoms with van der Waals surface area (Å²) in [6.45, 7) is 4.34. The van der Waals surface area contributed by atoms with Gasteiger partial charge in [-0.3, -0.25) is 4.79 Å². The molecule has 0 aromatic carbocycles. The van der Waals surface area contributed by atoms with E-state index in [1.165, 1.54) is 10.5 Å². The van der Waals surface area contributed by atoms with Crippen molar-refractivity contribution in [3.8, 4) is 0 Å². The molecule has 1 aromatic rings. The summed E-state index contributed by atoms with van der Waals surface area (Å²) in [7, 11) is -3.50. The monoisotopic (exact) mass is 300 g/mol. The van der Waals surface area contributed by atoms with Crippen LogP contribution in [0.5, 0.6) is 0 Å². The van der Waals surface area contributed by atoms with Gasteiger partial charge in [-0.15, -0.1) is 0 Å². The Hall–Kier alpha value is -1.41. The number of aromatic amines is 1. The highest BCUT2D eigenvalue weighted by Crippen LogP contribution is 2.19. The molecule has 0 spiro atoms. The third-order valence-electron chi connectivity index (χ3n) is 3.44. The third-order valence-corrected chi connectivity index (χ3v) is 5.25. The van der Waals surface area contributed by atoms with Gasteiger partial charge in [0.05, 0.1) is 6.20 Å². The lowest BCUT2D eigenvalue weighted by molar-refractivity contribution is -0.121. The minimum atomic E-state index is -3.50. The molecule has 1 aliphatic heterocycles. The standard InChI is InChI=1S/C12H20N4O3S/c1-3-11(17)15-10-4-6-16(7-5-10)20(18,19)12-8-13-9(2)14-12/h8,10H,3-7H2,1-2H3,(H,13,14)(H,15,17). The zero-order chi connectivity index (χ0) is 14.8. The number of sulfonamides is 1. The summed E-state index contributed by atoms with van der Waals surface area (Å²) in [6, 6.07) is 0.0670. The fourth-order valence-corrected chi connectivity index (χ4v) is 3.67. The van der Waals surface area contributed by atoms with Crippen LogP contribution < -0.4 is 5.32 Å². The number of carbonyl (C=O) groups excluding carboxylic acids is 1. The number of nitrogens with zero attached hydrogens (tertiary/aromatic N) is 2. The Bertz CT molecular complexity index is 573. The van der Waals surface area contributed by atoms with Crippen LogP contribution in [-0.2, 0) is 14.8 Å². The maximum atomic E-state index is 12.4. The van der Waals surface area contributed by atoms with E-state index in [9.17, 15) is 13.2 Å². The topological polar surface area (TPSA) is 95.2 Å². The Morgan fingerprint density at radius 3 is 2.65 bits per heavy atom. The smallest absolute Gasteiger partial charge is 0.260 e. The van der Waals surface area contributed by atoms with E-state index < -0.39 is 10.0 Å². The maximum Gasteiger partial charge on any atom is 0.260 e. The van der Waals surface area contributed by atoms with Crippen LogP contribution in [0.4, 0.5) is 0 Å². The second kappa shape index (κ2) is 5.92. The molecule has 2 heterocycles. The van der Waals surface area contributed by atoms with Crippen LogP contribution in [0.25, 0.3) is 0 Å². The van der Waals surface area contributed by atoms with Crippen LogP contribution in [0.1, 0.15) is 32.0 Å². The number of nitrogens with one attached hydrogen (secondary N) is 2. The summed E-state index contributed by atoms with van der Waals surface area (Å²) in [4.78, 5) is 18.0. The van der Waals surface area contributed by atoms with Gasteiger partial charge in [0.2, 0.25) is 5.91 Å². The summed E-state index contributed by atoms with van der Waals surface area (Å²) in [5.74, 6) is 0.587. The molecule has 0 unspecified atom stereocenters. The van der Waals surface area contributed by atoms with Gasteiger partial charge in [-0.1, -0.05) is 6.92 Å². The highest BCUT2D eigenvalue weighted by Gasteiger charge is 2.30. The zero-order valence-electron chi connectivity index (χ0n) is 11.7. The number of aryl methyl sites for hydroxylation is 1. The number of H-pyrrole nitrogens is 1. The molecule has 20 heavy (non-hydrogen) atoms. The first-order valence-electron chi connectivity index (χ1n) is 6.74. The van der Waals surface area contributed by atoms with Crippen LogP contribution in [0.3, 0.4) is 0 Å². The van der Waals surface area contributed by atoms with Crippen molar-refractivity contribution >= 4 is 15.9 Å². The van der Waals surface area contributed by atoms with Gasteiger partial charge in [0.1, 0.15) is 5.82 Å². The number of imidazole rings is 1. The van der Waals surface area contributed by atoms with Gasteiger partial charge in [-0.2, -0.15) is 4.31 Å². The fourth-order valence-electron chi connectivity index (χ4n) is 2.24. The normalized spacial score (nSPS) is 18.1. The van der Waals surface area contributed by atoms with Crippen molar-refractivity contribution in [3.63, 3.8) is 0 Å². The molecule has 0 bridgehead atoms. The Labute approximate surface area is 118 Å². The fraction of sp³-hybridized carbons (Fsp3) is 0.667. The van der Waals surface area contributed by atoms with Gasteiger partial charge in [-0.05, 0) is 19.8 Å². The Balaban J connectivity index is 1.98. The van der Waals surface area contributed by atoms with Gasteiger partial charge in [-0.25, -0.2) is 13.4 Å². The molecule has 0 radical (unpaired) electrons. The quantitative estimate of drug-likeness (QED) is 0.841. The van der Waals surface area contributed by atoms with Crippen LogP contribution in [0.15, 0.2) is 11.2 Å². The molecular formula is C12H20N4O3S. The molecule has 112 valence electrons. The van der Waals surface area contributed by atoms with Gasteiger partial charge in [0.25, 0.3) is 10.0 Å². The third kappa shape index (κ3) is 3.18. The summed E-state index contributed by atoms with van der Waals surface area (Å²) >= 11 is 0. The summed E-state index contributed by atoms with van der Waals surface area (Å²) in [5, 5.41) is 3.03. The number of carbonyl (C=O) groups is 1. The van der Waals surface area contributed by atoms with Crippen LogP contribution in [0.2, 0.25) is 0 Å². The second-order valence-electron chi connectivity index (χ2n) is 4.93. The average Bonchev–Trinajstić information content (AvgIpc) is 2.86. The van der Waals surface area contributed by atoms with Crippen molar-refractivity contribution < 1.29 is 13.2 Å². The molecule has 1 aromatic heterocycles. The predicted molar refractivity (Wildman–Crippen MR) is 73.5 cm³/mol. The lowest BCUT2D eigenvalue weighted by Crippen LogP contribution is -2.46. The largest absolute Gasteiger partial charge is 0.353 e. The molecule has 7 nitrogen and oxygen atoms in total. The van der Waals surface area contributed by atoms with E-state index in [1.54, 1.807) is 13.8 Å². The molecule has 1 saturated heterocycles. The maximum absolute atomic E-state index is 12.4. The predicted octanol–water partition coefficient (Wildman–Crippen LogP) is 0.397. The van der Waals surface area contributed by atoms with E-state index in [0.717, 1.165) is 0 Å². The first-order valence-corrected chi connectivity index (χ1v) is 8.18. The molecule has 0 saturated carbocycles. The molecule has 2 rings (SSSR count). The zero-order valence-corrected chi connectivity index (χ0v) is 12.5. The highest BCUT2D eigenvalue weighted by atomic mass is 32.2. The van der Waals surface area contributed by atoms with Gasteiger partial charge < -0.3 is 10.3 Å². The summed E-state index contributed by atoms with van der Waals surface area (Å²) < 4.78 is 26.1. The van der Waals surface area contributed by atoms with Gasteiger partial charge in [0, 0.05) is 25.6 Å². The number of hydrogen-bond acceptors (Lipinski definition) is 4. The van der Waals surface area contributed by atoms with Crippen LogP contribution in [0, 0.1) is 6.92 Å². The van der Waals surface area contributed by atoms with Crippen molar-refractivity contribution in [2.45, 2.75) is 44.2 Å². The van der Waals surface area contributed by atoms with Crippen molar-refractivity contribution in [2.75, 3.05) is 13.1 Å². The first kappa shape index (κ1) is 15.0. The lowest BCUT2D eigenvalue weighted by Gasteiger charge is -2.31. The van der Waals surface area contributed by atoms with E-state index in [-0.39, 0.29) is 17.0 Å². The number of aromatic nitrogens is 2. The number of hydrogen-bond donors (Lipinski definition) is 2. The van der Waals surface area contributed by atoms with Gasteiger partial charge in [0.15, 0.2) is 5.03 Å². The molecule has 8 heteroatoms. The van der Waals surface area contributed by atoms with Crippen molar-refractivity contribution in [1.82, 2.24) is 19.6 Å². The Morgan fingerprint density at radius 2 is 2.15 bits per heavy atom. The van der Waals surface area contributed by atoms with Crippen LogP contribution >= 0.6 is 0 Å². The van der Waals surface area contributed by atoms with E-state index in [2.05, 4.69) is 15.3 Å². The van der Waals surface area contributed by atoms with Crippen LogP contribution in [-0.4, -0.2) is 47.7 Å². The summed E-state index contributed by atoms with van der Waals surface area (Å²) in [6.07, 6.45) is 3.07. The highest BCUT2D eigenvalue weighted by molar-refractivity contribution is 7.89. The average molecular weight is 300 g/mol. The summed E-state index contributed by atoms with van der Waals surface area (Å²) in [5.41, 5.74) is 0. The van der Waals surface area contributed by atoms with E-state index in [4.69, 9.17) is 0 Å². The molecular weight excluding hydrogens is 280 g/mol. The first-order chi connectivity index (χ1) is 9.43. The van der Waals surface area contributed by atoms with E-state index >= 15 is 0 Å². The van der Waals surface area contributed by atoms with E-state index in [0.29, 0.717) is 38.2 Å². The number of piperidine rings is 1. The number of amides is 1. The minimum absolute atomic E-state index is 0.00972. The Kier molecular flexibility index (Phi) is 4.44. The molecule has 1 aliphatic rings. The minimum Gasteiger partial charge on any atom is -0.353 e. The molecule has 0 atom stereocenters. The SMILES string of the molecule is CCC(=O)NC1CCN(S(=O)(=O)c2cnc(C)[nH]2)CC1. The molecule has 0 aliphatic carbocycles. The van der Waals surface area contributed by atoms with Crippen molar-refractivity contribution in [2.24, 2.45) is 0 Å². The van der Waals surface area contributed by atoms with Crippen molar-refractivity contribution in [3.05, 3.63) is 12.0 Å². The van der Waals surface area contributed by atoms with E-state index in [1.807, 2.05) is 0 Å².